The number of rotatable bonds is 5. The number of carbonyl (C=O) groups excluding carboxylic acids is 1. The van der Waals surface area contributed by atoms with Gasteiger partial charge in [0.05, 0.1) is 11.5 Å². The van der Waals surface area contributed by atoms with Crippen LogP contribution in [0.15, 0.2) is 18.3 Å². The van der Waals surface area contributed by atoms with Crippen LogP contribution in [0.25, 0.3) is 0 Å². The van der Waals surface area contributed by atoms with Crippen LogP contribution >= 0.6 is 0 Å². The molecule has 2 atom stereocenters. The molecule has 1 amide bonds. The number of aromatic nitrogens is 1. The Morgan fingerprint density at radius 1 is 1.57 bits per heavy atom. The highest BCUT2D eigenvalue weighted by atomic mass is 19.1. The highest BCUT2D eigenvalue weighted by Gasteiger charge is 2.34. The standard InChI is InChI=1S/C17H26FN3O2/c1-12-6-5-8-19-15(12)23-11-17(2,3)16(22)20-14-7-9-21(4)10-13(14)18/h5-6,8,13-14H,7,9-11H2,1-4H3,(H,20,22)/t13-,14-/m0/s1. The zero-order chi connectivity index (χ0) is 17.0. The van der Waals surface area contributed by atoms with Crippen molar-refractivity contribution < 1.29 is 13.9 Å². The van der Waals surface area contributed by atoms with Gasteiger partial charge in [0.25, 0.3) is 0 Å². The van der Waals surface area contributed by atoms with E-state index in [1.165, 1.54) is 0 Å². The molecule has 6 heteroatoms. The van der Waals surface area contributed by atoms with Crippen molar-refractivity contribution in [3.63, 3.8) is 0 Å². The van der Waals surface area contributed by atoms with Crippen LogP contribution in [0, 0.1) is 12.3 Å². The molecule has 23 heavy (non-hydrogen) atoms. The highest BCUT2D eigenvalue weighted by Crippen LogP contribution is 2.21. The van der Waals surface area contributed by atoms with Gasteiger partial charge in [-0.05, 0) is 40.3 Å². The van der Waals surface area contributed by atoms with Crippen molar-refractivity contribution in [2.45, 2.75) is 39.4 Å². The molecular weight excluding hydrogens is 297 g/mol. The summed E-state index contributed by atoms with van der Waals surface area (Å²) in [5.41, 5.74) is 0.162. The number of piperidine rings is 1. The van der Waals surface area contributed by atoms with E-state index in [0.29, 0.717) is 18.8 Å². The molecule has 0 aromatic carbocycles. The van der Waals surface area contributed by atoms with Gasteiger partial charge in [-0.3, -0.25) is 4.79 Å². The van der Waals surface area contributed by atoms with E-state index >= 15 is 0 Å². The Morgan fingerprint density at radius 2 is 2.30 bits per heavy atom. The van der Waals surface area contributed by atoms with E-state index < -0.39 is 17.6 Å². The maximum atomic E-state index is 14.1. The lowest BCUT2D eigenvalue weighted by molar-refractivity contribution is -0.132. The average molecular weight is 323 g/mol. The van der Waals surface area contributed by atoms with Gasteiger partial charge in [-0.25, -0.2) is 9.37 Å². The first-order valence-corrected chi connectivity index (χ1v) is 7.97. The number of ether oxygens (including phenoxy) is 1. The Balaban J connectivity index is 1.91. The fourth-order valence-electron chi connectivity index (χ4n) is 2.52. The second-order valence-electron chi connectivity index (χ2n) is 6.94. The number of carbonyl (C=O) groups is 1. The number of aryl methyl sites for hydroxylation is 1. The molecule has 0 aliphatic carbocycles. The molecule has 1 saturated heterocycles. The Kier molecular flexibility index (Phi) is 5.57. The Labute approximate surface area is 137 Å². The molecule has 1 fully saturated rings. The maximum absolute atomic E-state index is 14.1. The van der Waals surface area contributed by atoms with Crippen LogP contribution in [0.2, 0.25) is 0 Å². The Bertz CT molecular complexity index is 550. The summed E-state index contributed by atoms with van der Waals surface area (Å²) in [5.74, 6) is 0.333. The first kappa shape index (κ1) is 17.7. The molecule has 0 spiro atoms. The average Bonchev–Trinajstić information content (AvgIpc) is 2.49. The minimum absolute atomic E-state index is 0.191. The largest absolute Gasteiger partial charge is 0.476 e. The SMILES string of the molecule is Cc1cccnc1OCC(C)(C)C(=O)N[C@H]1CCN(C)C[C@@H]1F. The molecule has 2 rings (SSSR count). The van der Waals surface area contributed by atoms with Crippen molar-refractivity contribution >= 4 is 5.91 Å². The predicted octanol–water partition coefficient (Wildman–Crippen LogP) is 1.95. The van der Waals surface area contributed by atoms with E-state index in [-0.39, 0.29) is 12.5 Å². The Morgan fingerprint density at radius 3 is 2.96 bits per heavy atom. The predicted molar refractivity (Wildman–Crippen MR) is 87.2 cm³/mol. The second-order valence-corrected chi connectivity index (χ2v) is 6.94. The van der Waals surface area contributed by atoms with Crippen molar-refractivity contribution in [3.05, 3.63) is 23.9 Å². The van der Waals surface area contributed by atoms with Gasteiger partial charge >= 0.3 is 0 Å². The van der Waals surface area contributed by atoms with E-state index in [1.54, 1.807) is 20.0 Å². The monoisotopic (exact) mass is 323 g/mol. The topological polar surface area (TPSA) is 54.5 Å². The van der Waals surface area contributed by atoms with Gasteiger partial charge < -0.3 is 15.0 Å². The van der Waals surface area contributed by atoms with Crippen LogP contribution < -0.4 is 10.1 Å². The van der Waals surface area contributed by atoms with Crippen molar-refractivity contribution in [1.82, 2.24) is 15.2 Å². The van der Waals surface area contributed by atoms with E-state index in [1.807, 2.05) is 31.0 Å². The van der Waals surface area contributed by atoms with Crippen LogP contribution in [0.1, 0.15) is 25.8 Å². The summed E-state index contributed by atoms with van der Waals surface area (Å²) in [7, 11) is 1.89. The number of alkyl halides is 1. The molecule has 1 aromatic heterocycles. The van der Waals surface area contributed by atoms with Gasteiger partial charge in [0.15, 0.2) is 0 Å². The number of hydrogen-bond donors (Lipinski definition) is 1. The summed E-state index contributed by atoms with van der Waals surface area (Å²) >= 11 is 0. The maximum Gasteiger partial charge on any atom is 0.229 e. The summed E-state index contributed by atoms with van der Waals surface area (Å²) < 4.78 is 19.7. The van der Waals surface area contributed by atoms with E-state index in [0.717, 1.165) is 12.1 Å². The highest BCUT2D eigenvalue weighted by molar-refractivity contribution is 5.82. The van der Waals surface area contributed by atoms with Gasteiger partial charge in [0.1, 0.15) is 12.8 Å². The zero-order valence-corrected chi connectivity index (χ0v) is 14.3. The molecule has 128 valence electrons. The molecule has 0 bridgehead atoms. The molecule has 0 unspecified atom stereocenters. The Hall–Kier alpha value is -1.69. The molecular formula is C17H26FN3O2. The lowest BCUT2D eigenvalue weighted by atomic mass is 9.92. The van der Waals surface area contributed by atoms with Gasteiger partial charge in [0, 0.05) is 24.8 Å². The molecule has 1 N–H and O–H groups in total. The van der Waals surface area contributed by atoms with E-state index in [4.69, 9.17) is 4.74 Å². The number of amides is 1. The molecule has 5 nitrogen and oxygen atoms in total. The van der Waals surface area contributed by atoms with E-state index in [9.17, 15) is 9.18 Å². The van der Waals surface area contributed by atoms with Crippen molar-refractivity contribution in [2.24, 2.45) is 5.41 Å². The smallest absolute Gasteiger partial charge is 0.229 e. The minimum atomic E-state index is -1.03. The second kappa shape index (κ2) is 7.25. The number of nitrogens with zero attached hydrogens (tertiary/aromatic N) is 2. The van der Waals surface area contributed by atoms with Crippen LogP contribution in [0.5, 0.6) is 5.88 Å². The molecule has 2 heterocycles. The molecule has 1 aliphatic heterocycles. The van der Waals surface area contributed by atoms with Gasteiger partial charge in [-0.2, -0.15) is 0 Å². The summed E-state index contributed by atoms with van der Waals surface area (Å²) in [5, 5.41) is 2.84. The lowest BCUT2D eigenvalue weighted by Gasteiger charge is -2.34. The number of likely N-dealkylation sites (tertiary alicyclic amines) is 1. The molecule has 1 aliphatic rings. The van der Waals surface area contributed by atoms with Crippen LogP contribution in [-0.2, 0) is 4.79 Å². The van der Waals surface area contributed by atoms with Gasteiger partial charge in [-0.1, -0.05) is 6.07 Å². The normalized spacial score (nSPS) is 22.7. The van der Waals surface area contributed by atoms with Crippen LogP contribution in [0.4, 0.5) is 4.39 Å². The van der Waals surface area contributed by atoms with E-state index in [2.05, 4.69) is 10.3 Å². The lowest BCUT2D eigenvalue weighted by Crippen LogP contribution is -2.54. The van der Waals surface area contributed by atoms with Crippen molar-refractivity contribution in [1.29, 1.82) is 0 Å². The number of hydrogen-bond acceptors (Lipinski definition) is 4. The summed E-state index contributed by atoms with van der Waals surface area (Å²) in [6.45, 7) is 6.83. The molecule has 0 saturated carbocycles. The first-order valence-electron chi connectivity index (χ1n) is 7.97. The number of nitrogens with one attached hydrogen (secondary N) is 1. The third kappa shape index (κ3) is 4.64. The van der Waals surface area contributed by atoms with Crippen LogP contribution in [-0.4, -0.2) is 54.7 Å². The number of halogens is 1. The van der Waals surface area contributed by atoms with Crippen LogP contribution in [0.3, 0.4) is 0 Å². The molecule has 0 radical (unpaired) electrons. The van der Waals surface area contributed by atoms with Crippen molar-refractivity contribution in [3.8, 4) is 5.88 Å². The van der Waals surface area contributed by atoms with Crippen molar-refractivity contribution in [2.75, 3.05) is 26.7 Å². The quantitative estimate of drug-likeness (QED) is 0.900. The fraction of sp³-hybridized carbons (Fsp3) is 0.647. The minimum Gasteiger partial charge on any atom is -0.476 e. The number of pyridine rings is 1. The first-order chi connectivity index (χ1) is 10.8. The third-order valence-electron chi connectivity index (χ3n) is 4.21. The third-order valence-corrected chi connectivity index (χ3v) is 4.21. The fourth-order valence-corrected chi connectivity index (χ4v) is 2.52. The van der Waals surface area contributed by atoms with Gasteiger partial charge in [-0.15, -0.1) is 0 Å². The molecule has 1 aromatic rings. The summed E-state index contributed by atoms with van der Waals surface area (Å²) in [4.78, 5) is 18.6. The summed E-state index contributed by atoms with van der Waals surface area (Å²) in [6.07, 6.45) is 1.24. The van der Waals surface area contributed by atoms with Gasteiger partial charge in [0.2, 0.25) is 11.8 Å². The summed E-state index contributed by atoms with van der Waals surface area (Å²) in [6, 6.07) is 3.32. The zero-order valence-electron chi connectivity index (χ0n) is 14.3.